The van der Waals surface area contributed by atoms with Gasteiger partial charge < -0.3 is 9.47 Å². The smallest absolute Gasteiger partial charge is 0.459 e. The topological polar surface area (TPSA) is 52.6 Å². The van der Waals surface area contributed by atoms with Crippen molar-refractivity contribution in [3.63, 3.8) is 0 Å². The number of alkyl halides is 6. The summed E-state index contributed by atoms with van der Waals surface area (Å²) in [5.74, 6) is -5.49. The molecule has 0 rings (SSSR count). The van der Waals surface area contributed by atoms with Gasteiger partial charge in [0.1, 0.15) is 6.10 Å². The van der Waals surface area contributed by atoms with E-state index in [1.165, 1.54) is 6.92 Å². The lowest BCUT2D eigenvalue weighted by Crippen LogP contribution is -2.32. The summed E-state index contributed by atoms with van der Waals surface area (Å²) in [5.41, 5.74) is 0. The van der Waals surface area contributed by atoms with Crippen molar-refractivity contribution in [3.05, 3.63) is 0 Å². The van der Waals surface area contributed by atoms with Gasteiger partial charge in [-0.25, -0.2) is 9.59 Å². The Morgan fingerprint density at radius 3 is 1.80 bits per heavy atom. The Hall–Kier alpha value is -1.48. The van der Waals surface area contributed by atoms with Crippen molar-refractivity contribution in [2.24, 2.45) is 5.92 Å². The summed E-state index contributed by atoms with van der Waals surface area (Å²) in [6.07, 6.45) is -11.6. The van der Waals surface area contributed by atoms with Crippen LogP contribution in [0.1, 0.15) is 20.3 Å². The molecule has 0 aromatic rings. The molecule has 0 bridgehead atoms. The molecule has 2 atom stereocenters. The summed E-state index contributed by atoms with van der Waals surface area (Å²) in [5, 5.41) is 0. The van der Waals surface area contributed by atoms with E-state index >= 15 is 0 Å². The van der Waals surface area contributed by atoms with E-state index in [-0.39, 0.29) is 6.42 Å². The Labute approximate surface area is 110 Å². The van der Waals surface area contributed by atoms with Gasteiger partial charge in [0, 0.05) is 0 Å². The van der Waals surface area contributed by atoms with Gasteiger partial charge in [0.25, 0.3) is 0 Å². The van der Waals surface area contributed by atoms with Crippen LogP contribution in [0, 0.1) is 5.92 Å². The van der Waals surface area contributed by atoms with Crippen molar-refractivity contribution in [3.8, 4) is 0 Å². The predicted octanol–water partition coefficient (Wildman–Crippen LogP) is 2.61. The molecular formula is C10H12F6O4. The lowest BCUT2D eigenvalue weighted by molar-refractivity contribution is -0.207. The minimum atomic E-state index is -5.14. The first-order valence-electron chi connectivity index (χ1n) is 5.37. The van der Waals surface area contributed by atoms with Gasteiger partial charge in [-0.15, -0.1) is 0 Å². The number of halogens is 6. The van der Waals surface area contributed by atoms with E-state index in [0.29, 0.717) is 0 Å². The van der Waals surface area contributed by atoms with Gasteiger partial charge in [0.15, 0.2) is 0 Å². The molecule has 0 aliphatic carbocycles. The maximum atomic E-state index is 11.9. The summed E-state index contributed by atoms with van der Waals surface area (Å²) >= 11 is 0. The lowest BCUT2D eigenvalue weighted by Gasteiger charge is -2.20. The molecule has 0 aliphatic rings. The molecule has 0 aromatic carbocycles. The van der Waals surface area contributed by atoms with Crippen LogP contribution in [0.25, 0.3) is 0 Å². The zero-order valence-corrected chi connectivity index (χ0v) is 10.5. The van der Waals surface area contributed by atoms with Gasteiger partial charge >= 0.3 is 24.3 Å². The van der Waals surface area contributed by atoms with Gasteiger partial charge in [-0.3, -0.25) is 0 Å². The summed E-state index contributed by atoms with van der Waals surface area (Å²) in [4.78, 5) is 20.9. The highest BCUT2D eigenvalue weighted by atomic mass is 19.4. The second-order valence-electron chi connectivity index (χ2n) is 4.01. The van der Waals surface area contributed by atoms with E-state index in [4.69, 9.17) is 0 Å². The van der Waals surface area contributed by atoms with E-state index in [1.54, 1.807) is 0 Å². The SMILES string of the molecule is CC(OC(=O)C(F)(F)F)[C@@H](C)CCOC(=O)C(F)(F)F. The lowest BCUT2D eigenvalue weighted by atomic mass is 10.0. The van der Waals surface area contributed by atoms with Crippen LogP contribution in [0.4, 0.5) is 26.3 Å². The van der Waals surface area contributed by atoms with Crippen LogP contribution in [-0.4, -0.2) is 37.0 Å². The van der Waals surface area contributed by atoms with E-state index in [2.05, 4.69) is 9.47 Å². The van der Waals surface area contributed by atoms with Crippen molar-refractivity contribution in [2.45, 2.75) is 38.7 Å². The van der Waals surface area contributed by atoms with Crippen molar-refractivity contribution in [1.29, 1.82) is 0 Å². The van der Waals surface area contributed by atoms with Gasteiger partial charge in [-0.1, -0.05) is 6.92 Å². The van der Waals surface area contributed by atoms with Crippen LogP contribution in [0.15, 0.2) is 0 Å². The molecule has 0 aromatic heterocycles. The van der Waals surface area contributed by atoms with Crippen LogP contribution < -0.4 is 0 Å². The molecule has 0 saturated heterocycles. The molecule has 0 amide bonds. The number of ether oxygens (including phenoxy) is 2. The maximum absolute atomic E-state index is 11.9. The van der Waals surface area contributed by atoms with Crippen molar-refractivity contribution in [2.75, 3.05) is 6.61 Å². The number of carbonyl (C=O) groups is 2. The molecule has 0 heterocycles. The minimum Gasteiger partial charge on any atom is -0.459 e. The predicted molar refractivity (Wildman–Crippen MR) is 52.4 cm³/mol. The molecule has 0 spiro atoms. The van der Waals surface area contributed by atoms with E-state index in [1.807, 2.05) is 0 Å². The summed E-state index contributed by atoms with van der Waals surface area (Å²) < 4.78 is 78.9. The van der Waals surface area contributed by atoms with Crippen molar-refractivity contribution >= 4 is 11.9 Å². The number of rotatable bonds is 5. The third kappa shape index (κ3) is 6.62. The highest BCUT2D eigenvalue weighted by Gasteiger charge is 2.42. The second-order valence-corrected chi connectivity index (χ2v) is 4.01. The molecule has 0 radical (unpaired) electrons. The maximum Gasteiger partial charge on any atom is 0.490 e. The number of hydrogen-bond acceptors (Lipinski definition) is 4. The van der Waals surface area contributed by atoms with Gasteiger partial charge in [0.05, 0.1) is 6.61 Å². The molecule has 0 aliphatic heterocycles. The fourth-order valence-corrected chi connectivity index (χ4v) is 1.01. The zero-order valence-electron chi connectivity index (χ0n) is 10.5. The average molecular weight is 310 g/mol. The van der Waals surface area contributed by atoms with Gasteiger partial charge in [0.2, 0.25) is 0 Å². The summed E-state index contributed by atoms with van der Waals surface area (Å²) in [6.45, 7) is 1.85. The second kappa shape index (κ2) is 6.80. The third-order valence-corrected chi connectivity index (χ3v) is 2.36. The molecule has 0 fully saturated rings. The fraction of sp³-hybridized carbons (Fsp3) is 0.800. The van der Waals surface area contributed by atoms with E-state index in [0.717, 1.165) is 6.92 Å². The average Bonchev–Trinajstić information content (AvgIpc) is 2.25. The Morgan fingerprint density at radius 2 is 1.40 bits per heavy atom. The Bertz CT molecular complexity index is 349. The van der Waals surface area contributed by atoms with Crippen LogP contribution in [0.3, 0.4) is 0 Å². The summed E-state index contributed by atoms with van der Waals surface area (Å²) in [7, 11) is 0. The molecule has 10 heteroatoms. The Balaban J connectivity index is 4.13. The highest BCUT2D eigenvalue weighted by Crippen LogP contribution is 2.21. The van der Waals surface area contributed by atoms with Crippen LogP contribution in [-0.2, 0) is 19.1 Å². The van der Waals surface area contributed by atoms with Crippen molar-refractivity contribution in [1.82, 2.24) is 0 Å². The first-order valence-corrected chi connectivity index (χ1v) is 5.37. The summed E-state index contributed by atoms with van der Waals surface area (Å²) in [6, 6.07) is 0. The highest BCUT2D eigenvalue weighted by molar-refractivity contribution is 5.76. The molecule has 20 heavy (non-hydrogen) atoms. The molecular weight excluding hydrogens is 298 g/mol. The monoisotopic (exact) mass is 310 g/mol. The molecule has 1 unspecified atom stereocenters. The van der Waals surface area contributed by atoms with E-state index < -0.39 is 42.9 Å². The zero-order chi connectivity index (χ0) is 16.1. The Kier molecular flexibility index (Phi) is 6.30. The largest absolute Gasteiger partial charge is 0.490 e. The number of hydrogen-bond donors (Lipinski definition) is 0. The van der Waals surface area contributed by atoms with Crippen molar-refractivity contribution < 1.29 is 45.4 Å². The molecule has 118 valence electrons. The van der Waals surface area contributed by atoms with Crippen LogP contribution in [0.2, 0.25) is 0 Å². The first-order chi connectivity index (χ1) is 8.85. The molecule has 0 N–H and O–H groups in total. The molecule has 0 saturated carbocycles. The van der Waals surface area contributed by atoms with Gasteiger partial charge in [-0.05, 0) is 19.3 Å². The Morgan fingerprint density at radius 1 is 0.950 bits per heavy atom. The van der Waals surface area contributed by atoms with Crippen LogP contribution >= 0.6 is 0 Å². The number of carbonyl (C=O) groups excluding carboxylic acids is 2. The van der Waals surface area contributed by atoms with Gasteiger partial charge in [-0.2, -0.15) is 26.3 Å². The van der Waals surface area contributed by atoms with E-state index in [9.17, 15) is 35.9 Å². The number of esters is 2. The van der Waals surface area contributed by atoms with Crippen LogP contribution in [0.5, 0.6) is 0 Å². The first kappa shape index (κ1) is 18.5. The molecule has 4 nitrogen and oxygen atoms in total. The fourth-order valence-electron chi connectivity index (χ4n) is 1.01. The normalized spacial score (nSPS) is 15.4. The minimum absolute atomic E-state index is 0.186. The standard InChI is InChI=1S/C10H12F6O4/c1-5(3-4-19-7(17)9(11,12)13)6(2)20-8(18)10(14,15)16/h5-6H,3-4H2,1-2H3/t5-,6?/m0/s1. The third-order valence-electron chi connectivity index (χ3n) is 2.36. The quantitative estimate of drug-likeness (QED) is 0.578.